The first-order valence-corrected chi connectivity index (χ1v) is 8.87. The number of amides is 1. The molecule has 1 amide bonds. The van der Waals surface area contributed by atoms with Crippen LogP contribution in [0.2, 0.25) is 0 Å². The monoisotopic (exact) mass is 340 g/mol. The molecule has 1 atom stereocenters. The zero-order chi connectivity index (χ0) is 17.8. The third-order valence-electron chi connectivity index (χ3n) is 5.06. The van der Waals surface area contributed by atoms with Gasteiger partial charge < -0.3 is 5.32 Å². The molecule has 1 aliphatic heterocycles. The first kappa shape index (κ1) is 17.6. The summed E-state index contributed by atoms with van der Waals surface area (Å²) in [5, 5.41) is 3.10. The molecule has 132 valence electrons. The standard InChI is InChI=1S/C21H25FN2O/c1-15-5-3-7-20(16(15)2)23-21(25)18-6-4-12-24(14-18)13-17-8-10-19(22)11-9-17/h3,5,7-11,18H,4,6,12-14H2,1-2H3,(H,23,25). The molecular weight excluding hydrogens is 315 g/mol. The highest BCUT2D eigenvalue weighted by molar-refractivity contribution is 5.93. The van der Waals surface area contributed by atoms with E-state index in [1.165, 1.54) is 17.7 Å². The number of anilines is 1. The van der Waals surface area contributed by atoms with E-state index < -0.39 is 0 Å². The Bertz CT molecular complexity index is 742. The lowest BCUT2D eigenvalue weighted by Crippen LogP contribution is -2.40. The molecule has 2 aromatic rings. The van der Waals surface area contributed by atoms with Crippen molar-refractivity contribution >= 4 is 11.6 Å². The normalized spacial score (nSPS) is 18.1. The Morgan fingerprint density at radius 2 is 1.96 bits per heavy atom. The number of aryl methyl sites for hydroxylation is 1. The maximum Gasteiger partial charge on any atom is 0.228 e. The molecule has 0 radical (unpaired) electrons. The van der Waals surface area contributed by atoms with Crippen molar-refractivity contribution in [2.75, 3.05) is 18.4 Å². The van der Waals surface area contributed by atoms with Crippen LogP contribution in [0.15, 0.2) is 42.5 Å². The topological polar surface area (TPSA) is 32.3 Å². The van der Waals surface area contributed by atoms with Crippen molar-refractivity contribution in [1.29, 1.82) is 0 Å². The molecule has 3 rings (SSSR count). The molecule has 3 nitrogen and oxygen atoms in total. The van der Waals surface area contributed by atoms with Crippen LogP contribution in [0.4, 0.5) is 10.1 Å². The van der Waals surface area contributed by atoms with Crippen molar-refractivity contribution in [1.82, 2.24) is 4.90 Å². The molecule has 2 aromatic carbocycles. The van der Waals surface area contributed by atoms with Crippen LogP contribution in [-0.4, -0.2) is 23.9 Å². The number of rotatable bonds is 4. The van der Waals surface area contributed by atoms with Gasteiger partial charge in [-0.1, -0.05) is 24.3 Å². The van der Waals surface area contributed by atoms with Crippen LogP contribution in [0.1, 0.15) is 29.5 Å². The number of carbonyl (C=O) groups excluding carboxylic acids is 1. The van der Waals surface area contributed by atoms with E-state index >= 15 is 0 Å². The van der Waals surface area contributed by atoms with Crippen molar-refractivity contribution in [2.24, 2.45) is 5.92 Å². The summed E-state index contributed by atoms with van der Waals surface area (Å²) in [7, 11) is 0. The van der Waals surface area contributed by atoms with E-state index in [9.17, 15) is 9.18 Å². The van der Waals surface area contributed by atoms with Gasteiger partial charge in [0.05, 0.1) is 5.92 Å². The number of hydrogen-bond donors (Lipinski definition) is 1. The van der Waals surface area contributed by atoms with E-state index in [0.717, 1.165) is 49.3 Å². The maximum absolute atomic E-state index is 13.0. The minimum Gasteiger partial charge on any atom is -0.326 e. The summed E-state index contributed by atoms with van der Waals surface area (Å²) in [6.07, 6.45) is 1.92. The molecule has 1 fully saturated rings. The molecule has 4 heteroatoms. The van der Waals surface area contributed by atoms with Crippen LogP contribution in [-0.2, 0) is 11.3 Å². The molecule has 0 bridgehead atoms. The minimum absolute atomic E-state index is 0.00545. The van der Waals surface area contributed by atoms with Crippen molar-refractivity contribution in [3.63, 3.8) is 0 Å². The second-order valence-electron chi connectivity index (χ2n) is 6.94. The summed E-state index contributed by atoms with van der Waals surface area (Å²) in [5.74, 6) is -0.125. The molecule has 0 saturated carbocycles. The number of benzene rings is 2. The summed E-state index contributed by atoms with van der Waals surface area (Å²) < 4.78 is 13.0. The lowest BCUT2D eigenvalue weighted by atomic mass is 9.96. The van der Waals surface area contributed by atoms with Gasteiger partial charge in [0.1, 0.15) is 5.82 Å². The number of hydrogen-bond acceptors (Lipinski definition) is 2. The van der Waals surface area contributed by atoms with E-state index in [1.54, 1.807) is 0 Å². The van der Waals surface area contributed by atoms with E-state index in [2.05, 4.69) is 23.2 Å². The first-order chi connectivity index (χ1) is 12.0. The number of nitrogens with one attached hydrogen (secondary N) is 1. The number of nitrogens with zero attached hydrogens (tertiary/aromatic N) is 1. The maximum atomic E-state index is 13.0. The fourth-order valence-electron chi connectivity index (χ4n) is 3.38. The van der Waals surface area contributed by atoms with Crippen LogP contribution in [0.25, 0.3) is 0 Å². The quantitative estimate of drug-likeness (QED) is 0.900. The van der Waals surface area contributed by atoms with Crippen molar-refractivity contribution in [3.05, 3.63) is 65.0 Å². The van der Waals surface area contributed by atoms with E-state index in [4.69, 9.17) is 0 Å². The number of carbonyl (C=O) groups is 1. The van der Waals surface area contributed by atoms with Gasteiger partial charge in [-0.3, -0.25) is 9.69 Å². The van der Waals surface area contributed by atoms with Gasteiger partial charge in [0, 0.05) is 18.8 Å². The highest BCUT2D eigenvalue weighted by Gasteiger charge is 2.26. The number of piperidine rings is 1. The Balaban J connectivity index is 1.61. The lowest BCUT2D eigenvalue weighted by Gasteiger charge is -2.32. The summed E-state index contributed by atoms with van der Waals surface area (Å²) >= 11 is 0. The molecule has 1 aliphatic rings. The summed E-state index contributed by atoms with van der Waals surface area (Å²) in [6.45, 7) is 6.56. The Kier molecular flexibility index (Phi) is 5.49. The fraction of sp³-hybridized carbons (Fsp3) is 0.381. The first-order valence-electron chi connectivity index (χ1n) is 8.87. The second-order valence-corrected chi connectivity index (χ2v) is 6.94. The van der Waals surface area contributed by atoms with Crippen LogP contribution in [0, 0.1) is 25.6 Å². The highest BCUT2D eigenvalue weighted by Crippen LogP contribution is 2.23. The Morgan fingerprint density at radius 1 is 1.20 bits per heavy atom. The molecule has 0 aliphatic carbocycles. The van der Waals surface area contributed by atoms with Gasteiger partial charge in [-0.25, -0.2) is 4.39 Å². The average Bonchev–Trinajstić information content (AvgIpc) is 2.61. The van der Waals surface area contributed by atoms with Crippen molar-refractivity contribution < 1.29 is 9.18 Å². The van der Waals surface area contributed by atoms with E-state index in [-0.39, 0.29) is 17.6 Å². The predicted molar refractivity (Wildman–Crippen MR) is 98.9 cm³/mol. The van der Waals surface area contributed by atoms with E-state index in [1.807, 2.05) is 31.2 Å². The van der Waals surface area contributed by atoms with Crippen LogP contribution < -0.4 is 5.32 Å². The van der Waals surface area contributed by atoms with Crippen molar-refractivity contribution in [2.45, 2.75) is 33.2 Å². The van der Waals surface area contributed by atoms with Gasteiger partial charge in [0.15, 0.2) is 0 Å². The number of likely N-dealkylation sites (tertiary alicyclic amines) is 1. The van der Waals surface area contributed by atoms with Crippen LogP contribution in [0.5, 0.6) is 0 Å². The van der Waals surface area contributed by atoms with Crippen LogP contribution >= 0.6 is 0 Å². The largest absolute Gasteiger partial charge is 0.326 e. The Morgan fingerprint density at radius 3 is 2.72 bits per heavy atom. The van der Waals surface area contributed by atoms with Gasteiger partial charge in [-0.2, -0.15) is 0 Å². The minimum atomic E-state index is -0.215. The highest BCUT2D eigenvalue weighted by atomic mass is 19.1. The molecule has 1 saturated heterocycles. The average molecular weight is 340 g/mol. The van der Waals surface area contributed by atoms with Crippen LogP contribution in [0.3, 0.4) is 0 Å². The van der Waals surface area contributed by atoms with Crippen molar-refractivity contribution in [3.8, 4) is 0 Å². The lowest BCUT2D eigenvalue weighted by molar-refractivity contribution is -0.121. The number of halogens is 1. The molecule has 0 spiro atoms. The van der Waals surface area contributed by atoms with Gasteiger partial charge >= 0.3 is 0 Å². The smallest absolute Gasteiger partial charge is 0.228 e. The molecule has 1 N–H and O–H groups in total. The fourth-order valence-corrected chi connectivity index (χ4v) is 3.38. The molecule has 25 heavy (non-hydrogen) atoms. The second kappa shape index (κ2) is 7.79. The molecule has 1 heterocycles. The zero-order valence-electron chi connectivity index (χ0n) is 14.9. The molecule has 1 unspecified atom stereocenters. The summed E-state index contributed by atoms with van der Waals surface area (Å²) in [4.78, 5) is 15.0. The predicted octanol–water partition coefficient (Wildman–Crippen LogP) is 4.29. The van der Waals surface area contributed by atoms with Gasteiger partial charge in [0.2, 0.25) is 5.91 Å². The molecular formula is C21H25FN2O. The third-order valence-corrected chi connectivity index (χ3v) is 5.06. The Labute approximate surface area is 148 Å². The van der Waals surface area contributed by atoms with Gasteiger partial charge in [-0.05, 0) is 68.1 Å². The third kappa shape index (κ3) is 4.45. The van der Waals surface area contributed by atoms with Gasteiger partial charge in [0.25, 0.3) is 0 Å². The molecule has 0 aromatic heterocycles. The van der Waals surface area contributed by atoms with E-state index in [0.29, 0.717) is 0 Å². The summed E-state index contributed by atoms with van der Waals surface area (Å²) in [6, 6.07) is 12.6. The van der Waals surface area contributed by atoms with Gasteiger partial charge in [-0.15, -0.1) is 0 Å². The zero-order valence-corrected chi connectivity index (χ0v) is 14.9. The SMILES string of the molecule is Cc1cccc(NC(=O)C2CCCN(Cc3ccc(F)cc3)C2)c1C. The summed E-state index contributed by atoms with van der Waals surface area (Å²) in [5.41, 5.74) is 4.28. The Hall–Kier alpha value is -2.20.